The molecule has 0 saturated heterocycles. The van der Waals surface area contributed by atoms with Gasteiger partial charge in [-0.1, -0.05) is 47.5 Å². The molecule has 2 nitrogen and oxygen atoms in total. The topological polar surface area (TPSA) is 40.5 Å². The van der Waals surface area contributed by atoms with Crippen molar-refractivity contribution in [3.05, 3.63) is 0 Å². The predicted octanol–water partition coefficient (Wildman–Crippen LogP) is 7.36. The molecule has 5 rings (SSSR count). The van der Waals surface area contributed by atoms with Crippen LogP contribution in [0.4, 0.5) is 0 Å². The minimum absolute atomic E-state index is 0.0988. The third-order valence-corrected chi connectivity index (χ3v) is 13.3. The van der Waals surface area contributed by atoms with E-state index in [-0.39, 0.29) is 11.5 Å². The second-order valence-electron chi connectivity index (χ2n) is 15.2. The normalized spacial score (nSPS) is 52.4. The Balaban J connectivity index is 1.37. The van der Waals surface area contributed by atoms with E-state index in [9.17, 15) is 10.2 Å². The smallest absolute Gasteiger partial charge is 0.0594 e. The van der Waals surface area contributed by atoms with Gasteiger partial charge in [0.2, 0.25) is 0 Å². The van der Waals surface area contributed by atoms with Gasteiger partial charge >= 0.3 is 0 Å². The van der Waals surface area contributed by atoms with Crippen molar-refractivity contribution >= 4 is 0 Å². The molecule has 9 atom stereocenters. The number of rotatable bonds is 5. The molecular weight excluding hydrogens is 392 g/mol. The summed E-state index contributed by atoms with van der Waals surface area (Å²) in [6.07, 6.45) is 15.6. The summed E-state index contributed by atoms with van der Waals surface area (Å²) in [6.45, 7) is 16.6. The van der Waals surface area contributed by atoms with Gasteiger partial charge in [-0.05, 0) is 129 Å². The lowest BCUT2D eigenvalue weighted by Crippen LogP contribution is -2.57. The van der Waals surface area contributed by atoms with Crippen molar-refractivity contribution in [2.75, 3.05) is 0 Å². The Labute approximate surface area is 198 Å². The lowest BCUT2D eigenvalue weighted by molar-refractivity contribution is -0.161. The summed E-state index contributed by atoms with van der Waals surface area (Å²) in [4.78, 5) is 0. The molecule has 5 aliphatic carbocycles. The minimum Gasteiger partial charge on any atom is -0.393 e. The molecule has 0 aromatic carbocycles. The maximum Gasteiger partial charge on any atom is 0.0594 e. The molecular formula is C30H52O2. The van der Waals surface area contributed by atoms with Crippen molar-refractivity contribution in [2.24, 2.45) is 50.7 Å². The molecule has 5 fully saturated rings. The number of hydrogen-bond acceptors (Lipinski definition) is 2. The van der Waals surface area contributed by atoms with Crippen LogP contribution in [0.5, 0.6) is 0 Å². The van der Waals surface area contributed by atoms with Gasteiger partial charge in [-0.25, -0.2) is 0 Å². The van der Waals surface area contributed by atoms with E-state index >= 15 is 0 Å². The summed E-state index contributed by atoms with van der Waals surface area (Å²) in [5.74, 6) is 3.26. The van der Waals surface area contributed by atoms with E-state index in [1.54, 1.807) is 0 Å². The van der Waals surface area contributed by atoms with Crippen LogP contribution in [0.3, 0.4) is 0 Å². The molecule has 5 aliphatic rings. The van der Waals surface area contributed by atoms with E-state index in [2.05, 4.69) is 34.6 Å². The van der Waals surface area contributed by atoms with E-state index in [1.807, 2.05) is 13.8 Å². The van der Waals surface area contributed by atoms with Crippen molar-refractivity contribution in [1.29, 1.82) is 0 Å². The highest BCUT2D eigenvalue weighted by molar-refractivity contribution is 5.30. The molecule has 0 radical (unpaired) electrons. The summed E-state index contributed by atoms with van der Waals surface area (Å²) >= 11 is 0. The molecule has 2 N–H and O–H groups in total. The summed E-state index contributed by atoms with van der Waals surface area (Å²) in [7, 11) is 0. The molecule has 32 heavy (non-hydrogen) atoms. The van der Waals surface area contributed by atoms with Gasteiger partial charge in [0.05, 0.1) is 11.7 Å². The fraction of sp³-hybridized carbons (Fsp3) is 1.00. The van der Waals surface area contributed by atoms with E-state index < -0.39 is 5.60 Å². The van der Waals surface area contributed by atoms with Gasteiger partial charge in [-0.15, -0.1) is 0 Å². The second-order valence-corrected chi connectivity index (χ2v) is 15.2. The maximum absolute atomic E-state index is 10.8. The van der Waals surface area contributed by atoms with E-state index in [0.29, 0.717) is 21.7 Å². The Morgan fingerprint density at radius 1 is 0.844 bits per heavy atom. The largest absolute Gasteiger partial charge is 0.393 e. The highest BCUT2D eigenvalue weighted by Gasteiger charge is 2.82. The average molecular weight is 445 g/mol. The molecule has 2 heteroatoms. The Hall–Kier alpha value is -0.0800. The Bertz CT molecular complexity index is 750. The second kappa shape index (κ2) is 6.99. The molecule has 0 heterocycles. The Morgan fingerprint density at radius 2 is 1.50 bits per heavy atom. The molecule has 0 unspecified atom stereocenters. The van der Waals surface area contributed by atoms with E-state index in [4.69, 9.17) is 0 Å². The fourth-order valence-corrected chi connectivity index (χ4v) is 11.4. The lowest BCUT2D eigenvalue weighted by atomic mass is 9.41. The third kappa shape index (κ3) is 2.90. The van der Waals surface area contributed by atoms with Crippen LogP contribution in [-0.2, 0) is 0 Å². The molecule has 0 amide bonds. The monoisotopic (exact) mass is 444 g/mol. The first-order valence-electron chi connectivity index (χ1n) is 14.1. The van der Waals surface area contributed by atoms with E-state index in [0.717, 1.165) is 42.9 Å². The quantitative estimate of drug-likeness (QED) is 0.465. The first kappa shape index (κ1) is 23.7. The van der Waals surface area contributed by atoms with Gasteiger partial charge in [0.1, 0.15) is 0 Å². The van der Waals surface area contributed by atoms with Crippen LogP contribution >= 0.6 is 0 Å². The highest BCUT2D eigenvalue weighted by Crippen LogP contribution is 2.89. The standard InChI is InChI=1S/C30H52O2/c1-20(9-8-14-25(2,3)32)21-12-15-28(7)23-11-10-22-26(4,5)24(31)13-16-29(22)19-30(23,29)18-17-27(21,28)6/h20-24,31-32H,8-19H2,1-7H3/t20-,21-,22+,23+,24+,27-,28+,29-,30+/m1/s1. The van der Waals surface area contributed by atoms with Crippen molar-refractivity contribution in [2.45, 2.75) is 137 Å². The maximum atomic E-state index is 10.8. The van der Waals surface area contributed by atoms with Crippen molar-refractivity contribution < 1.29 is 10.2 Å². The zero-order valence-corrected chi connectivity index (χ0v) is 22.3. The minimum atomic E-state index is -0.523. The number of fused-ring (bicyclic) bond motifs is 2. The van der Waals surface area contributed by atoms with Crippen LogP contribution in [0, 0.1) is 50.7 Å². The fourth-order valence-electron chi connectivity index (χ4n) is 11.4. The summed E-state index contributed by atoms with van der Waals surface area (Å²) in [6, 6.07) is 0. The van der Waals surface area contributed by atoms with Crippen LogP contribution in [0.25, 0.3) is 0 Å². The lowest BCUT2D eigenvalue weighted by Gasteiger charge is -2.63. The van der Waals surface area contributed by atoms with E-state index in [1.165, 1.54) is 57.8 Å². The molecule has 5 saturated carbocycles. The Morgan fingerprint density at radius 3 is 2.19 bits per heavy atom. The van der Waals surface area contributed by atoms with Crippen molar-refractivity contribution in [3.63, 3.8) is 0 Å². The molecule has 184 valence electrons. The first-order chi connectivity index (χ1) is 14.7. The third-order valence-electron chi connectivity index (χ3n) is 13.3. The Kier molecular flexibility index (Phi) is 5.17. The average Bonchev–Trinajstić information content (AvgIpc) is 3.27. The van der Waals surface area contributed by atoms with Crippen molar-refractivity contribution in [3.8, 4) is 0 Å². The molecule has 0 aliphatic heterocycles. The van der Waals surface area contributed by atoms with Gasteiger partial charge in [0.15, 0.2) is 0 Å². The van der Waals surface area contributed by atoms with Crippen LogP contribution in [0.1, 0.15) is 126 Å². The highest BCUT2D eigenvalue weighted by atomic mass is 16.3. The predicted molar refractivity (Wildman–Crippen MR) is 132 cm³/mol. The molecule has 0 aromatic rings. The SMILES string of the molecule is C[C@H](CCCC(C)(C)O)[C@H]1CC[C@@]2(C)[C@@H]3CC[C@H]4C(C)(C)[C@@H](O)CC[C@@]45C[C@@]35CC[C@]12C. The van der Waals surface area contributed by atoms with Gasteiger partial charge in [0.25, 0.3) is 0 Å². The zero-order valence-electron chi connectivity index (χ0n) is 22.3. The zero-order chi connectivity index (χ0) is 23.4. The van der Waals surface area contributed by atoms with Gasteiger partial charge in [-0.3, -0.25) is 0 Å². The molecule has 0 bridgehead atoms. The van der Waals surface area contributed by atoms with Crippen LogP contribution < -0.4 is 0 Å². The van der Waals surface area contributed by atoms with Crippen molar-refractivity contribution in [1.82, 2.24) is 0 Å². The number of hydrogen-bond donors (Lipinski definition) is 2. The van der Waals surface area contributed by atoms with Gasteiger partial charge < -0.3 is 10.2 Å². The molecule has 0 aromatic heterocycles. The van der Waals surface area contributed by atoms with Crippen LogP contribution in [0.2, 0.25) is 0 Å². The van der Waals surface area contributed by atoms with Crippen LogP contribution in [0.15, 0.2) is 0 Å². The molecule has 2 spiro atoms. The summed E-state index contributed by atoms with van der Waals surface area (Å²) < 4.78 is 0. The number of aliphatic hydroxyl groups is 2. The first-order valence-corrected chi connectivity index (χ1v) is 14.1. The van der Waals surface area contributed by atoms with Gasteiger partial charge in [-0.2, -0.15) is 0 Å². The van der Waals surface area contributed by atoms with Crippen LogP contribution in [-0.4, -0.2) is 21.9 Å². The summed E-state index contributed by atoms with van der Waals surface area (Å²) in [5, 5.41) is 21.0. The number of aliphatic hydroxyl groups excluding tert-OH is 1. The summed E-state index contributed by atoms with van der Waals surface area (Å²) in [5.41, 5.74) is 1.71. The van der Waals surface area contributed by atoms with Gasteiger partial charge in [0, 0.05) is 0 Å².